The zero-order valence-corrected chi connectivity index (χ0v) is 21.2. The minimum absolute atomic E-state index is 0.0637. The predicted octanol–water partition coefficient (Wildman–Crippen LogP) is 2.35. The third-order valence-corrected chi connectivity index (χ3v) is 8.12. The van der Waals surface area contributed by atoms with E-state index < -0.39 is 10.0 Å². The molecule has 3 rings (SSSR count). The molecular weight excluding hydrogens is 466 g/mol. The van der Waals surface area contributed by atoms with Gasteiger partial charge in [-0.2, -0.15) is 4.31 Å². The Morgan fingerprint density at radius 3 is 2.54 bits per heavy atom. The highest BCUT2D eigenvalue weighted by molar-refractivity contribution is 7.89. The molecule has 1 amide bonds. The molecule has 0 bridgehead atoms. The van der Waals surface area contributed by atoms with Crippen molar-refractivity contribution in [3.05, 3.63) is 65.0 Å². The van der Waals surface area contributed by atoms with Crippen LogP contribution in [0.15, 0.2) is 47.4 Å². The number of benzene rings is 2. The number of piperazine rings is 1. The lowest BCUT2D eigenvalue weighted by Crippen LogP contribution is -2.59. The Bertz CT molecular complexity index is 1180. The minimum atomic E-state index is -3.77. The number of aliphatic hydroxyl groups excluding tert-OH is 1. The van der Waals surface area contributed by atoms with Gasteiger partial charge in [0.1, 0.15) is 0 Å². The van der Waals surface area contributed by atoms with E-state index in [1.807, 2.05) is 43.9 Å². The number of aryl methyl sites for hydroxylation is 1. The smallest absolute Gasteiger partial charge is 0.242 e. The maximum absolute atomic E-state index is 13.3. The van der Waals surface area contributed by atoms with Gasteiger partial charge in [0.2, 0.25) is 15.9 Å². The molecule has 0 saturated carbocycles. The third-order valence-electron chi connectivity index (χ3n) is 6.00. The molecule has 1 saturated heterocycles. The van der Waals surface area contributed by atoms with E-state index in [0.29, 0.717) is 26.2 Å². The normalized spacial score (nSPS) is 19.3. The van der Waals surface area contributed by atoms with Crippen LogP contribution in [0.25, 0.3) is 4.85 Å². The van der Waals surface area contributed by atoms with Crippen molar-refractivity contribution in [1.29, 1.82) is 0 Å². The molecule has 2 unspecified atom stereocenters. The SMILES string of the molecule is [C-]#[N+]c1cccc(S(=O)(=O)N2C(C)CN(CC(=O)Nc3cc(CNCCO)ccc3C)CC2C)c1. The fraction of sp³-hybridized carbons (Fsp3) is 0.440. The zero-order chi connectivity index (χ0) is 25.6. The maximum atomic E-state index is 13.3. The van der Waals surface area contributed by atoms with Gasteiger partial charge in [0.15, 0.2) is 5.69 Å². The summed E-state index contributed by atoms with van der Waals surface area (Å²) in [6, 6.07) is 11.2. The van der Waals surface area contributed by atoms with Crippen molar-refractivity contribution in [2.45, 2.75) is 44.3 Å². The third kappa shape index (κ3) is 6.66. The fourth-order valence-electron chi connectivity index (χ4n) is 4.47. The molecule has 3 N–H and O–H groups in total. The molecule has 0 aromatic heterocycles. The molecule has 2 atom stereocenters. The standard InChI is InChI=1S/C25H33N5O4S/c1-18-8-9-21(14-27-10-11-31)12-24(18)28-25(32)17-29-15-19(2)30(20(3)16-29)35(33,34)23-7-5-6-22(13-23)26-4/h5-9,12-13,19-20,27,31H,10-11,14-17H2,1-3H3,(H,28,32). The first-order chi connectivity index (χ1) is 16.6. The van der Waals surface area contributed by atoms with E-state index in [-0.39, 0.29) is 41.7 Å². The highest BCUT2D eigenvalue weighted by Gasteiger charge is 2.38. The summed E-state index contributed by atoms with van der Waals surface area (Å²) < 4.78 is 28.1. The number of carbonyl (C=O) groups excluding carboxylic acids is 1. The highest BCUT2D eigenvalue weighted by Crippen LogP contribution is 2.27. The number of hydrogen-bond acceptors (Lipinski definition) is 6. The quantitative estimate of drug-likeness (QED) is 0.361. The summed E-state index contributed by atoms with van der Waals surface area (Å²) in [6.45, 7) is 14.9. The van der Waals surface area contributed by atoms with Crippen molar-refractivity contribution in [2.24, 2.45) is 0 Å². The number of nitrogens with one attached hydrogen (secondary N) is 2. The van der Waals surface area contributed by atoms with E-state index in [4.69, 9.17) is 11.7 Å². The van der Waals surface area contributed by atoms with Gasteiger partial charge in [-0.05, 0) is 50.1 Å². The van der Waals surface area contributed by atoms with E-state index in [2.05, 4.69) is 15.5 Å². The van der Waals surface area contributed by atoms with Crippen LogP contribution in [0, 0.1) is 13.5 Å². The Labute approximate surface area is 207 Å². The molecular formula is C25H33N5O4S. The van der Waals surface area contributed by atoms with Gasteiger partial charge in [0.25, 0.3) is 0 Å². The van der Waals surface area contributed by atoms with Crippen LogP contribution in [-0.4, -0.2) is 73.5 Å². The minimum Gasteiger partial charge on any atom is -0.395 e. The second-order valence-corrected chi connectivity index (χ2v) is 10.8. The number of carbonyl (C=O) groups is 1. The monoisotopic (exact) mass is 499 g/mol. The Balaban J connectivity index is 1.64. The highest BCUT2D eigenvalue weighted by atomic mass is 32.2. The van der Waals surface area contributed by atoms with Gasteiger partial charge < -0.3 is 15.7 Å². The van der Waals surface area contributed by atoms with Crippen molar-refractivity contribution in [3.63, 3.8) is 0 Å². The topological polar surface area (TPSA) is 106 Å². The lowest BCUT2D eigenvalue weighted by atomic mass is 10.1. The Morgan fingerprint density at radius 1 is 1.17 bits per heavy atom. The predicted molar refractivity (Wildman–Crippen MR) is 136 cm³/mol. The van der Waals surface area contributed by atoms with Crippen molar-refractivity contribution >= 4 is 27.3 Å². The fourth-order valence-corrected chi connectivity index (χ4v) is 6.32. The summed E-state index contributed by atoms with van der Waals surface area (Å²) in [5, 5.41) is 15.0. The van der Waals surface area contributed by atoms with Crippen LogP contribution in [-0.2, 0) is 21.4 Å². The first-order valence-electron chi connectivity index (χ1n) is 11.6. The second kappa shape index (κ2) is 11.7. The van der Waals surface area contributed by atoms with Crippen LogP contribution in [0.2, 0.25) is 0 Å². The molecule has 0 spiro atoms. The van der Waals surface area contributed by atoms with Gasteiger partial charge in [-0.1, -0.05) is 24.3 Å². The van der Waals surface area contributed by atoms with Gasteiger partial charge >= 0.3 is 0 Å². The summed E-state index contributed by atoms with van der Waals surface area (Å²) in [4.78, 5) is 18.2. The molecule has 0 aliphatic carbocycles. The number of hydrogen-bond donors (Lipinski definition) is 3. The Morgan fingerprint density at radius 2 is 1.89 bits per heavy atom. The Kier molecular flexibility index (Phi) is 8.99. The summed E-state index contributed by atoms with van der Waals surface area (Å²) in [5.41, 5.74) is 2.97. The summed E-state index contributed by atoms with van der Waals surface area (Å²) >= 11 is 0. The van der Waals surface area contributed by atoms with Crippen molar-refractivity contribution in [3.8, 4) is 0 Å². The number of nitrogens with zero attached hydrogens (tertiary/aromatic N) is 3. The molecule has 2 aromatic rings. The second-order valence-electron chi connectivity index (χ2n) is 8.93. The Hall–Kier alpha value is -2.81. The summed E-state index contributed by atoms with van der Waals surface area (Å²) in [5.74, 6) is -0.158. The molecule has 0 radical (unpaired) electrons. The van der Waals surface area contributed by atoms with Crippen molar-refractivity contribution < 1.29 is 18.3 Å². The van der Waals surface area contributed by atoms with Crippen LogP contribution < -0.4 is 10.6 Å². The molecule has 1 fully saturated rings. The molecule has 2 aromatic carbocycles. The van der Waals surface area contributed by atoms with Crippen molar-refractivity contribution in [1.82, 2.24) is 14.5 Å². The number of anilines is 1. The van der Waals surface area contributed by atoms with Gasteiger partial charge in [0.05, 0.1) is 24.6 Å². The van der Waals surface area contributed by atoms with Crippen molar-refractivity contribution in [2.75, 3.05) is 38.1 Å². The lowest BCUT2D eigenvalue weighted by Gasteiger charge is -2.43. The van der Waals surface area contributed by atoms with Gasteiger partial charge in [-0.15, -0.1) is 0 Å². The van der Waals surface area contributed by atoms with Crippen LogP contribution in [0.1, 0.15) is 25.0 Å². The average Bonchev–Trinajstić information content (AvgIpc) is 2.80. The van der Waals surface area contributed by atoms with E-state index in [9.17, 15) is 13.2 Å². The summed E-state index contributed by atoms with van der Waals surface area (Å²) in [6.07, 6.45) is 0. The lowest BCUT2D eigenvalue weighted by molar-refractivity contribution is -0.118. The van der Waals surface area contributed by atoms with Crippen LogP contribution >= 0.6 is 0 Å². The van der Waals surface area contributed by atoms with E-state index >= 15 is 0 Å². The first kappa shape index (κ1) is 26.8. The van der Waals surface area contributed by atoms with E-state index in [0.717, 1.165) is 16.8 Å². The molecule has 35 heavy (non-hydrogen) atoms. The van der Waals surface area contributed by atoms with Gasteiger partial charge in [0, 0.05) is 44.0 Å². The molecule has 188 valence electrons. The summed E-state index contributed by atoms with van der Waals surface area (Å²) in [7, 11) is -3.77. The van der Waals surface area contributed by atoms with E-state index in [1.54, 1.807) is 12.1 Å². The van der Waals surface area contributed by atoms with Gasteiger partial charge in [-0.25, -0.2) is 13.3 Å². The first-order valence-corrected chi connectivity index (χ1v) is 13.0. The number of amides is 1. The molecule has 1 aliphatic heterocycles. The van der Waals surface area contributed by atoms with Gasteiger partial charge in [-0.3, -0.25) is 9.69 Å². The largest absolute Gasteiger partial charge is 0.395 e. The van der Waals surface area contributed by atoms with Crippen LogP contribution in [0.3, 0.4) is 0 Å². The van der Waals surface area contributed by atoms with Crippen LogP contribution in [0.5, 0.6) is 0 Å². The molecule has 1 aliphatic rings. The van der Waals surface area contributed by atoms with Crippen LogP contribution in [0.4, 0.5) is 11.4 Å². The number of rotatable bonds is 9. The zero-order valence-electron chi connectivity index (χ0n) is 20.4. The number of sulfonamides is 1. The molecule has 10 heteroatoms. The average molecular weight is 500 g/mol. The maximum Gasteiger partial charge on any atom is 0.242 e. The molecule has 1 heterocycles. The van der Waals surface area contributed by atoms with E-state index in [1.165, 1.54) is 16.4 Å². The molecule has 9 nitrogen and oxygen atoms in total. The number of aliphatic hydroxyl groups is 1.